The molecule has 1 aliphatic heterocycles. The molecule has 1 aliphatic carbocycles. The van der Waals surface area contributed by atoms with Gasteiger partial charge in [0.25, 0.3) is 0 Å². The molecule has 0 radical (unpaired) electrons. The number of hydrogen-bond donors (Lipinski definition) is 1. The Bertz CT molecular complexity index is 979. The minimum absolute atomic E-state index is 0.0525. The van der Waals surface area contributed by atoms with Crippen LogP contribution in [0.15, 0.2) is 40.2 Å². The lowest BCUT2D eigenvalue weighted by molar-refractivity contribution is 0.111. The second-order valence-electron chi connectivity index (χ2n) is 7.51. The molecule has 3 atom stereocenters. The maximum atomic E-state index is 11.8. The number of rotatable bonds is 4. The van der Waals surface area contributed by atoms with Crippen molar-refractivity contribution in [1.82, 2.24) is 4.57 Å². The molecule has 1 fully saturated rings. The third-order valence-electron chi connectivity index (χ3n) is 5.73. The van der Waals surface area contributed by atoms with Crippen molar-refractivity contribution in [2.24, 2.45) is 12.0 Å². The Labute approximate surface area is 164 Å². The predicted molar refractivity (Wildman–Crippen MR) is 108 cm³/mol. The standard InChI is InChI=1S/C22H26N2O4/c1-4-28-20-10-15-16-9-14(25)6-7-18(16)23-22(17(15)11-19(20)27-3)13-5-8-21(26)24(2)12-13/h5,8,10-12,14,16,18,25H,4,6-7,9H2,1-3H3. The minimum atomic E-state index is -0.305. The lowest BCUT2D eigenvalue weighted by Crippen LogP contribution is -2.34. The van der Waals surface area contributed by atoms with E-state index in [1.165, 1.54) is 0 Å². The molecule has 2 aromatic rings. The maximum absolute atomic E-state index is 11.8. The van der Waals surface area contributed by atoms with Crippen LogP contribution >= 0.6 is 0 Å². The number of aliphatic imine (C=N–C) groups is 1. The van der Waals surface area contributed by atoms with Crippen molar-refractivity contribution >= 4 is 5.71 Å². The Morgan fingerprint density at radius 3 is 2.79 bits per heavy atom. The van der Waals surface area contributed by atoms with E-state index >= 15 is 0 Å². The zero-order valence-corrected chi connectivity index (χ0v) is 16.5. The average molecular weight is 382 g/mol. The molecule has 0 spiro atoms. The smallest absolute Gasteiger partial charge is 0.250 e. The summed E-state index contributed by atoms with van der Waals surface area (Å²) in [5.74, 6) is 1.53. The van der Waals surface area contributed by atoms with Gasteiger partial charge in [-0.05, 0) is 49.9 Å². The van der Waals surface area contributed by atoms with Crippen LogP contribution in [0.1, 0.15) is 48.8 Å². The minimum Gasteiger partial charge on any atom is -0.493 e. The molecule has 3 unspecified atom stereocenters. The van der Waals surface area contributed by atoms with E-state index in [-0.39, 0.29) is 23.6 Å². The molecule has 2 aliphatic rings. The van der Waals surface area contributed by atoms with Crippen molar-refractivity contribution in [3.63, 3.8) is 0 Å². The molecule has 1 saturated carbocycles. The first kappa shape index (κ1) is 18.7. The second-order valence-corrected chi connectivity index (χ2v) is 7.51. The first-order valence-corrected chi connectivity index (χ1v) is 9.79. The highest BCUT2D eigenvalue weighted by Crippen LogP contribution is 2.44. The lowest BCUT2D eigenvalue weighted by Gasteiger charge is -2.37. The fraction of sp³-hybridized carbons (Fsp3) is 0.455. The van der Waals surface area contributed by atoms with Crippen molar-refractivity contribution in [3.8, 4) is 11.5 Å². The molecule has 28 heavy (non-hydrogen) atoms. The van der Waals surface area contributed by atoms with Gasteiger partial charge in [-0.25, -0.2) is 0 Å². The Kier molecular flexibility index (Phi) is 4.98. The topological polar surface area (TPSA) is 73.0 Å². The van der Waals surface area contributed by atoms with Gasteiger partial charge in [-0.15, -0.1) is 0 Å². The molecule has 1 N–H and O–H groups in total. The number of pyridine rings is 1. The van der Waals surface area contributed by atoms with E-state index in [0.717, 1.165) is 35.2 Å². The maximum Gasteiger partial charge on any atom is 0.250 e. The van der Waals surface area contributed by atoms with Crippen molar-refractivity contribution in [2.75, 3.05) is 13.7 Å². The highest BCUT2D eigenvalue weighted by Gasteiger charge is 2.37. The zero-order chi connectivity index (χ0) is 19.8. The summed E-state index contributed by atoms with van der Waals surface area (Å²) in [4.78, 5) is 16.9. The lowest BCUT2D eigenvalue weighted by atomic mass is 9.74. The largest absolute Gasteiger partial charge is 0.493 e. The van der Waals surface area contributed by atoms with Gasteiger partial charge in [0.05, 0.1) is 31.6 Å². The zero-order valence-electron chi connectivity index (χ0n) is 16.5. The van der Waals surface area contributed by atoms with Crippen LogP contribution in [-0.4, -0.2) is 41.2 Å². The molecule has 6 nitrogen and oxygen atoms in total. The molecule has 0 saturated heterocycles. The van der Waals surface area contributed by atoms with Gasteiger partial charge < -0.3 is 19.1 Å². The monoisotopic (exact) mass is 382 g/mol. The molecule has 0 bridgehead atoms. The number of aromatic nitrogens is 1. The van der Waals surface area contributed by atoms with Gasteiger partial charge in [0.1, 0.15) is 0 Å². The van der Waals surface area contributed by atoms with Crippen molar-refractivity contribution < 1.29 is 14.6 Å². The van der Waals surface area contributed by atoms with E-state index in [1.807, 2.05) is 31.3 Å². The van der Waals surface area contributed by atoms with E-state index in [1.54, 1.807) is 24.8 Å². The van der Waals surface area contributed by atoms with Crippen LogP contribution in [0.2, 0.25) is 0 Å². The number of hydrogen-bond acceptors (Lipinski definition) is 5. The predicted octanol–water partition coefficient (Wildman–Crippen LogP) is 2.64. The molecule has 148 valence electrons. The SMILES string of the molecule is CCOc1cc2c(cc1OC)C(c1ccc(=O)n(C)c1)=NC1CCC(O)CC21. The van der Waals surface area contributed by atoms with Gasteiger partial charge in [0.2, 0.25) is 5.56 Å². The van der Waals surface area contributed by atoms with E-state index in [9.17, 15) is 9.90 Å². The van der Waals surface area contributed by atoms with Crippen LogP contribution in [0.4, 0.5) is 0 Å². The summed E-state index contributed by atoms with van der Waals surface area (Å²) in [5.41, 5.74) is 3.83. The number of aliphatic hydroxyl groups is 1. The number of aliphatic hydroxyl groups excluding tert-OH is 1. The Morgan fingerprint density at radius 2 is 2.07 bits per heavy atom. The fourth-order valence-corrected chi connectivity index (χ4v) is 4.34. The van der Waals surface area contributed by atoms with Crippen LogP contribution in [0.3, 0.4) is 0 Å². The summed E-state index contributed by atoms with van der Waals surface area (Å²) in [6.07, 6.45) is 3.82. The molecule has 4 rings (SSSR count). The van der Waals surface area contributed by atoms with Crippen LogP contribution in [0.25, 0.3) is 0 Å². The van der Waals surface area contributed by atoms with Crippen LogP contribution in [0, 0.1) is 0 Å². The van der Waals surface area contributed by atoms with Gasteiger partial charge in [-0.2, -0.15) is 0 Å². The first-order chi connectivity index (χ1) is 13.5. The van der Waals surface area contributed by atoms with Gasteiger partial charge in [-0.3, -0.25) is 9.79 Å². The van der Waals surface area contributed by atoms with Crippen molar-refractivity contribution in [3.05, 3.63) is 57.5 Å². The fourth-order valence-electron chi connectivity index (χ4n) is 4.34. The summed E-state index contributed by atoms with van der Waals surface area (Å²) in [6.45, 7) is 2.50. The second kappa shape index (κ2) is 7.43. The van der Waals surface area contributed by atoms with E-state index in [0.29, 0.717) is 24.5 Å². The number of fused-ring (bicyclic) bond motifs is 3. The Morgan fingerprint density at radius 1 is 1.25 bits per heavy atom. The number of aryl methyl sites for hydroxylation is 1. The summed E-state index contributed by atoms with van der Waals surface area (Å²) in [6, 6.07) is 7.53. The number of ether oxygens (including phenoxy) is 2. The van der Waals surface area contributed by atoms with E-state index in [4.69, 9.17) is 14.5 Å². The summed E-state index contributed by atoms with van der Waals surface area (Å²) >= 11 is 0. The summed E-state index contributed by atoms with van der Waals surface area (Å²) < 4.78 is 12.9. The molecule has 1 aromatic carbocycles. The van der Waals surface area contributed by atoms with Crippen molar-refractivity contribution in [2.45, 2.75) is 44.2 Å². The number of methoxy groups -OCH3 is 1. The molecule has 6 heteroatoms. The van der Waals surface area contributed by atoms with Gasteiger partial charge >= 0.3 is 0 Å². The third-order valence-corrected chi connectivity index (χ3v) is 5.73. The average Bonchev–Trinajstić information content (AvgIpc) is 2.69. The van der Waals surface area contributed by atoms with E-state index in [2.05, 4.69) is 0 Å². The van der Waals surface area contributed by atoms with Gasteiger partial charge in [0, 0.05) is 36.4 Å². The molecular weight excluding hydrogens is 356 g/mol. The van der Waals surface area contributed by atoms with Crippen LogP contribution in [0.5, 0.6) is 11.5 Å². The molecule has 2 heterocycles. The van der Waals surface area contributed by atoms with Gasteiger partial charge in [0.15, 0.2) is 11.5 Å². The van der Waals surface area contributed by atoms with Crippen molar-refractivity contribution in [1.29, 1.82) is 0 Å². The van der Waals surface area contributed by atoms with Gasteiger partial charge in [-0.1, -0.05) is 0 Å². The highest BCUT2D eigenvalue weighted by molar-refractivity contribution is 6.14. The molecular formula is C22H26N2O4. The van der Waals surface area contributed by atoms with E-state index < -0.39 is 0 Å². The quantitative estimate of drug-likeness (QED) is 0.882. The molecule has 1 aromatic heterocycles. The summed E-state index contributed by atoms with van der Waals surface area (Å²) in [7, 11) is 3.37. The molecule has 0 amide bonds. The van der Waals surface area contributed by atoms with Crippen LogP contribution < -0.4 is 15.0 Å². The Hall–Kier alpha value is -2.60. The Balaban J connectivity index is 1.91. The number of benzene rings is 1. The summed E-state index contributed by atoms with van der Waals surface area (Å²) in [5, 5.41) is 10.3. The third kappa shape index (κ3) is 3.22. The highest BCUT2D eigenvalue weighted by atomic mass is 16.5. The normalized spacial score (nSPS) is 23.4. The van der Waals surface area contributed by atoms with Crippen LogP contribution in [-0.2, 0) is 7.05 Å². The number of nitrogens with zero attached hydrogens (tertiary/aromatic N) is 2. The first-order valence-electron chi connectivity index (χ1n) is 9.79.